The van der Waals surface area contributed by atoms with Crippen LogP contribution in [0.25, 0.3) is 0 Å². The zero-order valence-electron chi connectivity index (χ0n) is 19.9. The monoisotopic (exact) mass is 397 g/mol. The van der Waals surface area contributed by atoms with Crippen LogP contribution >= 0.6 is 0 Å². The number of carbonyl (C=O) groups is 2. The number of rotatable bonds is 5. The molecule has 1 amide bonds. The first-order valence-electron chi connectivity index (χ1n) is 10.6. The molecule has 0 unspecified atom stereocenters. The summed E-state index contributed by atoms with van der Waals surface area (Å²) in [6.45, 7) is 16.3. The van der Waals surface area contributed by atoms with Crippen molar-refractivity contribution in [3.05, 3.63) is 0 Å². The smallest absolute Gasteiger partial charge is 0.293 e. The van der Waals surface area contributed by atoms with E-state index in [1.54, 1.807) is 0 Å². The summed E-state index contributed by atoms with van der Waals surface area (Å²) in [6, 6.07) is 0. The number of carbonyl (C=O) groups excluding carboxylic acids is 2. The zero-order chi connectivity index (χ0) is 22.4. The summed E-state index contributed by atoms with van der Waals surface area (Å²) in [5, 5.41) is 0. The molecule has 0 spiro atoms. The van der Waals surface area contributed by atoms with E-state index in [4.69, 9.17) is 5.73 Å². The Morgan fingerprint density at radius 2 is 1.54 bits per heavy atom. The minimum absolute atomic E-state index is 0.167. The van der Waals surface area contributed by atoms with Crippen molar-refractivity contribution in [2.45, 2.75) is 80.1 Å². The van der Waals surface area contributed by atoms with E-state index in [0.717, 1.165) is 18.9 Å². The average molecular weight is 398 g/mol. The highest BCUT2D eigenvalue weighted by Gasteiger charge is 2.07. The third-order valence-corrected chi connectivity index (χ3v) is 3.17. The SMILES string of the molecule is CC(C)=O.CC(C)C.CCCCN(C)C.NC(=O)C#CCCN1CCCCC1. The third kappa shape index (κ3) is 44.2. The van der Waals surface area contributed by atoms with Gasteiger partial charge in [0.2, 0.25) is 0 Å². The fourth-order valence-electron chi connectivity index (χ4n) is 2.02. The van der Waals surface area contributed by atoms with Gasteiger partial charge in [0, 0.05) is 13.0 Å². The van der Waals surface area contributed by atoms with Gasteiger partial charge in [-0.1, -0.05) is 46.5 Å². The Morgan fingerprint density at radius 1 is 1.07 bits per heavy atom. The predicted molar refractivity (Wildman–Crippen MR) is 122 cm³/mol. The first-order valence-corrected chi connectivity index (χ1v) is 10.6. The van der Waals surface area contributed by atoms with E-state index in [1.165, 1.54) is 65.6 Å². The molecule has 5 nitrogen and oxygen atoms in total. The normalized spacial score (nSPS) is 12.9. The van der Waals surface area contributed by atoms with Crippen molar-refractivity contribution in [3.8, 4) is 11.8 Å². The number of primary amides is 1. The highest BCUT2D eigenvalue weighted by atomic mass is 16.1. The molecule has 1 saturated heterocycles. The molecule has 166 valence electrons. The molecule has 5 heteroatoms. The van der Waals surface area contributed by atoms with Gasteiger partial charge >= 0.3 is 0 Å². The number of hydrogen-bond acceptors (Lipinski definition) is 4. The van der Waals surface area contributed by atoms with E-state index in [2.05, 4.69) is 63.4 Å². The molecule has 0 atom stereocenters. The maximum absolute atomic E-state index is 10.3. The molecule has 1 aliphatic rings. The molecule has 1 heterocycles. The lowest BCUT2D eigenvalue weighted by Crippen LogP contribution is -2.30. The highest BCUT2D eigenvalue weighted by Crippen LogP contribution is 2.08. The minimum Gasteiger partial charge on any atom is -0.359 e. The topological polar surface area (TPSA) is 66.6 Å². The summed E-state index contributed by atoms with van der Waals surface area (Å²) < 4.78 is 0. The Kier molecular flexibility index (Phi) is 26.5. The largest absolute Gasteiger partial charge is 0.359 e. The number of Topliss-reactive ketones (excluding diaryl/α,β-unsaturated/α-hetero) is 1. The highest BCUT2D eigenvalue weighted by molar-refractivity contribution is 5.91. The molecule has 0 aromatic rings. The molecule has 0 aliphatic carbocycles. The predicted octanol–water partition coefficient (Wildman–Crippen LogP) is 3.96. The van der Waals surface area contributed by atoms with Crippen LogP contribution in [0.1, 0.15) is 80.1 Å². The molecule has 0 aromatic heterocycles. The van der Waals surface area contributed by atoms with Gasteiger partial charge in [-0.3, -0.25) is 4.79 Å². The van der Waals surface area contributed by atoms with Gasteiger partial charge in [-0.15, -0.1) is 0 Å². The summed E-state index contributed by atoms with van der Waals surface area (Å²) in [4.78, 5) is 24.3. The Bertz CT molecular complexity index is 411. The van der Waals surface area contributed by atoms with Gasteiger partial charge in [-0.05, 0) is 78.7 Å². The maximum atomic E-state index is 10.3. The van der Waals surface area contributed by atoms with Gasteiger partial charge in [-0.2, -0.15) is 0 Å². The summed E-state index contributed by atoms with van der Waals surface area (Å²) in [6.07, 6.45) is 7.32. The van der Waals surface area contributed by atoms with Gasteiger partial charge in [0.05, 0.1) is 0 Å². The maximum Gasteiger partial charge on any atom is 0.293 e. The van der Waals surface area contributed by atoms with Crippen molar-refractivity contribution in [3.63, 3.8) is 0 Å². The van der Waals surface area contributed by atoms with Crippen LogP contribution in [0.3, 0.4) is 0 Å². The van der Waals surface area contributed by atoms with Crippen molar-refractivity contribution < 1.29 is 9.59 Å². The number of hydrogen-bond donors (Lipinski definition) is 1. The van der Waals surface area contributed by atoms with E-state index < -0.39 is 5.91 Å². The zero-order valence-corrected chi connectivity index (χ0v) is 19.9. The van der Waals surface area contributed by atoms with Crippen LogP contribution in [-0.4, -0.2) is 61.8 Å². The van der Waals surface area contributed by atoms with E-state index >= 15 is 0 Å². The molecule has 1 rings (SSSR count). The van der Waals surface area contributed by atoms with Gasteiger partial charge in [-0.25, -0.2) is 0 Å². The standard InChI is InChI=1S/C10H16N2O.C6H15N.C4H10.C3H6O/c11-10(13)6-2-5-9-12-7-3-1-4-8-12;1-4-5-6-7(2)3;1-4(2)3;1-3(2)4/h1,3-5,7-9H2,(H2,11,13);4-6H2,1-3H3;4H,1-3H3;1-2H3. The van der Waals surface area contributed by atoms with E-state index in [0.29, 0.717) is 0 Å². The Morgan fingerprint density at radius 3 is 1.86 bits per heavy atom. The van der Waals surface area contributed by atoms with Gasteiger partial charge in [0.25, 0.3) is 5.91 Å². The van der Waals surface area contributed by atoms with Gasteiger partial charge < -0.3 is 20.3 Å². The van der Waals surface area contributed by atoms with Crippen LogP contribution in [0.4, 0.5) is 0 Å². The Balaban J connectivity index is -0.000000351. The summed E-state index contributed by atoms with van der Waals surface area (Å²) >= 11 is 0. The number of nitrogens with zero attached hydrogens (tertiary/aromatic N) is 2. The summed E-state index contributed by atoms with van der Waals surface area (Å²) in [5.41, 5.74) is 4.89. The van der Waals surface area contributed by atoms with Crippen LogP contribution in [-0.2, 0) is 9.59 Å². The first kappa shape index (κ1) is 31.3. The molecule has 0 radical (unpaired) electrons. The average Bonchev–Trinajstić information content (AvgIpc) is 2.57. The summed E-state index contributed by atoms with van der Waals surface area (Å²) in [5.74, 6) is 5.58. The summed E-state index contributed by atoms with van der Waals surface area (Å²) in [7, 11) is 4.21. The van der Waals surface area contributed by atoms with Crippen LogP contribution in [0.5, 0.6) is 0 Å². The number of ketones is 1. The third-order valence-electron chi connectivity index (χ3n) is 3.17. The van der Waals surface area contributed by atoms with Crippen molar-refractivity contribution in [1.82, 2.24) is 9.80 Å². The van der Waals surface area contributed by atoms with Gasteiger partial charge in [0.15, 0.2) is 0 Å². The lowest BCUT2D eigenvalue weighted by atomic mass is 10.1. The molecule has 1 aliphatic heterocycles. The molecule has 1 fully saturated rings. The Labute approximate surface area is 175 Å². The Hall–Kier alpha value is -1.38. The molecule has 0 aromatic carbocycles. The van der Waals surface area contributed by atoms with Crippen molar-refractivity contribution >= 4 is 11.7 Å². The fourth-order valence-corrected chi connectivity index (χ4v) is 2.02. The van der Waals surface area contributed by atoms with Crippen LogP contribution in [0.15, 0.2) is 0 Å². The number of unbranched alkanes of at least 4 members (excludes halogenated alkanes) is 1. The first-order chi connectivity index (χ1) is 13.0. The molecular formula is C23H47N3O2. The molecule has 2 N–H and O–H groups in total. The molecule has 28 heavy (non-hydrogen) atoms. The molecule has 0 bridgehead atoms. The lowest BCUT2D eigenvalue weighted by Gasteiger charge is -2.25. The van der Waals surface area contributed by atoms with E-state index in [1.807, 2.05) is 0 Å². The van der Waals surface area contributed by atoms with Crippen LogP contribution < -0.4 is 5.73 Å². The second kappa shape index (κ2) is 23.7. The number of piperidine rings is 1. The second-order valence-corrected chi connectivity index (χ2v) is 8.12. The van der Waals surface area contributed by atoms with Crippen molar-refractivity contribution in [1.29, 1.82) is 0 Å². The van der Waals surface area contributed by atoms with Crippen LogP contribution in [0.2, 0.25) is 0 Å². The lowest BCUT2D eigenvalue weighted by molar-refractivity contribution is -0.115. The van der Waals surface area contributed by atoms with Crippen molar-refractivity contribution in [2.75, 3.05) is 40.3 Å². The van der Waals surface area contributed by atoms with E-state index in [9.17, 15) is 9.59 Å². The van der Waals surface area contributed by atoms with Gasteiger partial charge in [0.1, 0.15) is 5.78 Å². The fraction of sp³-hybridized carbons (Fsp3) is 0.826. The number of amides is 1. The molecule has 0 saturated carbocycles. The quantitative estimate of drug-likeness (QED) is 0.713. The number of likely N-dealkylation sites (tertiary alicyclic amines) is 1. The second-order valence-electron chi connectivity index (χ2n) is 8.12. The van der Waals surface area contributed by atoms with Crippen LogP contribution in [0, 0.1) is 17.8 Å². The number of nitrogens with two attached hydrogens (primary N) is 1. The minimum atomic E-state index is -0.529. The molecular weight excluding hydrogens is 350 g/mol. The van der Waals surface area contributed by atoms with Crippen molar-refractivity contribution in [2.24, 2.45) is 11.7 Å². The van der Waals surface area contributed by atoms with E-state index in [-0.39, 0.29) is 5.78 Å².